The van der Waals surface area contributed by atoms with Crippen LogP contribution >= 0.6 is 15.9 Å². The van der Waals surface area contributed by atoms with Crippen LogP contribution in [0.15, 0.2) is 4.47 Å². The highest BCUT2D eigenvalue weighted by Crippen LogP contribution is 2.27. The molecule has 1 atom stereocenters. The number of halogens is 4. The lowest BCUT2D eigenvalue weighted by Gasteiger charge is -2.19. The van der Waals surface area contributed by atoms with Gasteiger partial charge in [-0.25, -0.2) is 5.43 Å². The summed E-state index contributed by atoms with van der Waals surface area (Å²) in [6.45, 7) is 1.89. The van der Waals surface area contributed by atoms with Crippen LogP contribution in [-0.2, 0) is 19.9 Å². The number of aryl methyl sites for hydroxylation is 2. The third-order valence-corrected chi connectivity index (χ3v) is 3.41. The average molecular weight is 315 g/mol. The molecule has 0 aliphatic rings. The monoisotopic (exact) mass is 314 g/mol. The SMILES string of the molecule is CCc1nn(C)c(CC(NN)C(F)(F)F)c1Br. The van der Waals surface area contributed by atoms with Crippen molar-refractivity contribution in [1.29, 1.82) is 0 Å². The third kappa shape index (κ3) is 3.20. The van der Waals surface area contributed by atoms with Crippen molar-refractivity contribution in [3.05, 3.63) is 15.9 Å². The Labute approximate surface area is 105 Å². The van der Waals surface area contributed by atoms with E-state index in [0.717, 1.165) is 5.69 Å². The van der Waals surface area contributed by atoms with Crippen molar-refractivity contribution in [2.75, 3.05) is 0 Å². The molecule has 1 unspecified atom stereocenters. The molecule has 0 radical (unpaired) electrons. The fourth-order valence-corrected chi connectivity index (χ4v) is 2.28. The molecule has 0 saturated carbocycles. The van der Waals surface area contributed by atoms with Crippen molar-refractivity contribution >= 4 is 15.9 Å². The maximum Gasteiger partial charge on any atom is 0.405 e. The predicted molar refractivity (Wildman–Crippen MR) is 61.2 cm³/mol. The summed E-state index contributed by atoms with van der Waals surface area (Å²) in [7, 11) is 1.61. The Morgan fingerprint density at radius 3 is 2.47 bits per heavy atom. The second-order valence-electron chi connectivity index (χ2n) is 3.65. The Kier molecular flexibility index (Phi) is 4.56. The Hall–Kier alpha value is -0.600. The van der Waals surface area contributed by atoms with Gasteiger partial charge in [-0.3, -0.25) is 10.5 Å². The number of nitrogens with zero attached hydrogens (tertiary/aromatic N) is 2. The minimum absolute atomic E-state index is 0.260. The Morgan fingerprint density at radius 1 is 1.53 bits per heavy atom. The van der Waals surface area contributed by atoms with Crippen LogP contribution in [0.2, 0.25) is 0 Å². The van der Waals surface area contributed by atoms with Gasteiger partial charge in [0.05, 0.1) is 15.9 Å². The quantitative estimate of drug-likeness (QED) is 0.657. The van der Waals surface area contributed by atoms with Crippen LogP contribution in [0.25, 0.3) is 0 Å². The van der Waals surface area contributed by atoms with Gasteiger partial charge in [0.15, 0.2) is 0 Å². The van der Waals surface area contributed by atoms with E-state index in [1.54, 1.807) is 12.5 Å². The van der Waals surface area contributed by atoms with E-state index in [9.17, 15) is 13.2 Å². The van der Waals surface area contributed by atoms with Crippen molar-refractivity contribution in [3.8, 4) is 0 Å². The number of hydrazine groups is 1. The van der Waals surface area contributed by atoms with Crippen LogP contribution in [0.3, 0.4) is 0 Å². The van der Waals surface area contributed by atoms with Gasteiger partial charge in [-0.05, 0) is 22.4 Å². The highest BCUT2D eigenvalue weighted by Gasteiger charge is 2.40. The van der Waals surface area contributed by atoms with Crippen molar-refractivity contribution in [3.63, 3.8) is 0 Å². The first kappa shape index (κ1) is 14.5. The second-order valence-corrected chi connectivity index (χ2v) is 4.44. The third-order valence-electron chi connectivity index (χ3n) is 2.50. The van der Waals surface area contributed by atoms with E-state index in [4.69, 9.17) is 5.84 Å². The Bertz CT molecular complexity index is 388. The summed E-state index contributed by atoms with van der Waals surface area (Å²) in [5, 5.41) is 4.13. The Balaban J connectivity index is 2.98. The summed E-state index contributed by atoms with van der Waals surface area (Å²) < 4.78 is 39.8. The van der Waals surface area contributed by atoms with E-state index < -0.39 is 12.2 Å². The average Bonchev–Trinajstić information content (AvgIpc) is 2.49. The van der Waals surface area contributed by atoms with Gasteiger partial charge < -0.3 is 0 Å². The normalized spacial score (nSPS) is 14.1. The van der Waals surface area contributed by atoms with Crippen LogP contribution in [0, 0.1) is 0 Å². The minimum atomic E-state index is -4.38. The summed E-state index contributed by atoms with van der Waals surface area (Å²) >= 11 is 3.27. The number of nitrogens with one attached hydrogen (secondary N) is 1. The number of alkyl halides is 3. The van der Waals surface area contributed by atoms with Gasteiger partial charge in [-0.2, -0.15) is 18.3 Å². The van der Waals surface area contributed by atoms with Crippen molar-refractivity contribution < 1.29 is 13.2 Å². The zero-order valence-corrected chi connectivity index (χ0v) is 11.1. The van der Waals surface area contributed by atoms with Crippen molar-refractivity contribution in [2.24, 2.45) is 12.9 Å². The molecule has 0 aliphatic heterocycles. The molecular weight excluding hydrogens is 301 g/mol. The number of aromatic nitrogens is 2. The summed E-state index contributed by atoms with van der Waals surface area (Å²) in [4.78, 5) is 0. The molecule has 0 fully saturated rings. The summed E-state index contributed by atoms with van der Waals surface area (Å²) in [5.41, 5.74) is 3.00. The maximum atomic E-state index is 12.6. The smallest absolute Gasteiger partial charge is 0.271 e. The van der Waals surface area contributed by atoms with Crippen LogP contribution in [0.5, 0.6) is 0 Å². The van der Waals surface area contributed by atoms with Gasteiger partial charge in [0, 0.05) is 13.5 Å². The van der Waals surface area contributed by atoms with Gasteiger partial charge in [0.25, 0.3) is 0 Å². The standard InChI is InChI=1S/C9H14BrF3N4/c1-3-5-8(10)6(17(2)16-5)4-7(15-14)9(11,12)13/h7,15H,3-4,14H2,1-2H3. The largest absolute Gasteiger partial charge is 0.405 e. The first-order valence-electron chi connectivity index (χ1n) is 5.04. The van der Waals surface area contributed by atoms with Crippen LogP contribution < -0.4 is 11.3 Å². The molecular formula is C9H14BrF3N4. The van der Waals surface area contributed by atoms with Crippen molar-refractivity contribution in [1.82, 2.24) is 15.2 Å². The molecule has 0 saturated heterocycles. The van der Waals surface area contributed by atoms with E-state index in [2.05, 4.69) is 21.0 Å². The fourth-order valence-electron chi connectivity index (χ4n) is 1.50. The molecule has 3 N–H and O–H groups in total. The second kappa shape index (κ2) is 5.36. The van der Waals surface area contributed by atoms with E-state index in [1.807, 2.05) is 6.92 Å². The summed E-state index contributed by atoms with van der Waals surface area (Å²) in [6.07, 6.45) is -3.99. The first-order chi connectivity index (χ1) is 7.81. The molecule has 17 heavy (non-hydrogen) atoms. The van der Waals surface area contributed by atoms with E-state index in [1.165, 1.54) is 4.68 Å². The number of hydrogen-bond donors (Lipinski definition) is 2. The zero-order valence-electron chi connectivity index (χ0n) is 9.48. The molecule has 0 aromatic carbocycles. The summed E-state index contributed by atoms with van der Waals surface area (Å²) in [5.74, 6) is 4.93. The molecule has 1 heterocycles. The van der Waals surface area contributed by atoms with Gasteiger partial charge >= 0.3 is 6.18 Å². The predicted octanol–water partition coefficient (Wildman–Crippen LogP) is 1.68. The first-order valence-corrected chi connectivity index (χ1v) is 5.83. The highest BCUT2D eigenvalue weighted by atomic mass is 79.9. The number of nitrogens with two attached hydrogens (primary N) is 1. The molecule has 0 amide bonds. The lowest BCUT2D eigenvalue weighted by Crippen LogP contribution is -2.47. The van der Waals surface area contributed by atoms with Crippen LogP contribution in [0.1, 0.15) is 18.3 Å². The topological polar surface area (TPSA) is 55.9 Å². The van der Waals surface area contributed by atoms with Crippen LogP contribution in [0.4, 0.5) is 13.2 Å². The van der Waals surface area contributed by atoms with Gasteiger partial charge in [0.2, 0.25) is 0 Å². The molecule has 4 nitrogen and oxygen atoms in total. The molecule has 0 bridgehead atoms. The number of hydrogen-bond acceptors (Lipinski definition) is 3. The minimum Gasteiger partial charge on any atom is -0.271 e. The lowest BCUT2D eigenvalue weighted by molar-refractivity contribution is -0.155. The Morgan fingerprint density at radius 2 is 2.12 bits per heavy atom. The van der Waals surface area contributed by atoms with Crippen LogP contribution in [-0.4, -0.2) is 22.0 Å². The van der Waals surface area contributed by atoms with E-state index in [-0.39, 0.29) is 6.42 Å². The van der Waals surface area contributed by atoms with Gasteiger partial charge in [-0.1, -0.05) is 6.92 Å². The highest BCUT2D eigenvalue weighted by molar-refractivity contribution is 9.10. The molecule has 1 aromatic heterocycles. The maximum absolute atomic E-state index is 12.6. The fraction of sp³-hybridized carbons (Fsp3) is 0.667. The van der Waals surface area contributed by atoms with E-state index in [0.29, 0.717) is 16.6 Å². The van der Waals surface area contributed by atoms with E-state index >= 15 is 0 Å². The molecule has 1 rings (SSSR count). The summed E-state index contributed by atoms with van der Waals surface area (Å²) in [6, 6.07) is -1.78. The zero-order chi connectivity index (χ0) is 13.2. The molecule has 8 heteroatoms. The molecule has 0 spiro atoms. The molecule has 0 aliphatic carbocycles. The van der Waals surface area contributed by atoms with Gasteiger partial charge in [-0.15, -0.1) is 0 Å². The number of rotatable bonds is 4. The molecule has 1 aromatic rings. The van der Waals surface area contributed by atoms with Gasteiger partial charge in [0.1, 0.15) is 6.04 Å². The lowest BCUT2D eigenvalue weighted by atomic mass is 10.1. The van der Waals surface area contributed by atoms with Crippen molar-refractivity contribution in [2.45, 2.75) is 32.0 Å². The molecule has 98 valence electrons.